The van der Waals surface area contributed by atoms with Gasteiger partial charge in [0.25, 0.3) is 0 Å². The number of carbonyl (C=O) groups is 3. The van der Waals surface area contributed by atoms with Gasteiger partial charge in [-0.1, -0.05) is 13.8 Å². The van der Waals surface area contributed by atoms with Crippen LogP contribution in [0.1, 0.15) is 33.1 Å². The molecule has 1 spiro atoms. The molecule has 1 unspecified atom stereocenters. The number of amides is 3. The van der Waals surface area contributed by atoms with Gasteiger partial charge >= 0.3 is 0 Å². The fraction of sp³-hybridized carbons (Fsp3) is 0.786. The Kier molecular flexibility index (Phi) is 5.86. The molecule has 2 aliphatic heterocycles. The number of nitrogens with two attached hydrogens (primary N) is 1. The molecular weight excluding hydrogens is 306 g/mol. The first-order valence-electron chi connectivity index (χ1n) is 7.38. The topological polar surface area (TPSA) is 104 Å². The molecule has 0 radical (unpaired) electrons. The Balaban J connectivity index is 0.00000242. The highest BCUT2D eigenvalue weighted by molar-refractivity contribution is 7.59. The second-order valence-corrected chi connectivity index (χ2v) is 6.13. The maximum atomic E-state index is 12.8. The minimum absolute atomic E-state index is 0. The summed E-state index contributed by atoms with van der Waals surface area (Å²) in [6, 6.07) is -1.01. The van der Waals surface area contributed by atoms with Gasteiger partial charge in [-0.05, 0) is 19.3 Å². The predicted molar refractivity (Wildman–Crippen MR) is 85.3 cm³/mol. The molecule has 3 N–H and O–H groups in total. The van der Waals surface area contributed by atoms with Crippen LogP contribution in [0, 0.1) is 5.92 Å². The van der Waals surface area contributed by atoms with E-state index < -0.39 is 24.1 Å². The Morgan fingerprint density at radius 3 is 2.45 bits per heavy atom. The van der Waals surface area contributed by atoms with Gasteiger partial charge < -0.3 is 20.6 Å². The summed E-state index contributed by atoms with van der Waals surface area (Å²) in [5.41, 5.74) is 4.40. The third kappa shape index (κ3) is 2.81. The van der Waals surface area contributed by atoms with Crippen LogP contribution in [0.5, 0.6) is 0 Å². The van der Waals surface area contributed by atoms with Crippen molar-refractivity contribution >= 4 is 31.2 Å². The summed E-state index contributed by atoms with van der Waals surface area (Å²) < 4.78 is 0. The molecule has 2 aliphatic rings. The van der Waals surface area contributed by atoms with Crippen LogP contribution in [0.4, 0.5) is 0 Å². The molecule has 3 amide bonds. The Morgan fingerprint density at radius 2 is 1.95 bits per heavy atom. The normalized spacial score (nSPS) is 25.7. The summed E-state index contributed by atoms with van der Waals surface area (Å²) in [6.45, 7) is 4.04. The smallest absolute Gasteiger partial charge is 0.249 e. The largest absolute Gasteiger partial charge is 0.394 e. The first kappa shape index (κ1) is 18.8. The lowest BCUT2D eigenvalue weighted by molar-refractivity contribution is -0.150. The Labute approximate surface area is 137 Å². The molecule has 8 heteroatoms. The van der Waals surface area contributed by atoms with E-state index in [1.54, 1.807) is 4.90 Å². The van der Waals surface area contributed by atoms with Crippen LogP contribution in [0.2, 0.25) is 0 Å². The van der Waals surface area contributed by atoms with Crippen LogP contribution in [-0.2, 0) is 14.4 Å². The van der Waals surface area contributed by atoms with E-state index in [1.807, 2.05) is 13.8 Å². The monoisotopic (exact) mass is 331 g/mol. The highest BCUT2D eigenvalue weighted by Crippen LogP contribution is 2.40. The average molecular weight is 331 g/mol. The van der Waals surface area contributed by atoms with E-state index in [2.05, 4.69) is 0 Å². The molecular formula is C14H25N3O4S. The second-order valence-electron chi connectivity index (χ2n) is 6.13. The lowest BCUT2D eigenvalue weighted by atomic mass is 9.93. The van der Waals surface area contributed by atoms with Crippen molar-refractivity contribution in [3.05, 3.63) is 0 Å². The molecule has 0 aromatic carbocycles. The quantitative estimate of drug-likeness (QED) is 0.703. The number of hydrogen-bond acceptors (Lipinski definition) is 4. The first-order valence-corrected chi connectivity index (χ1v) is 7.38. The number of nitrogens with zero attached hydrogens (tertiary/aromatic N) is 2. The summed E-state index contributed by atoms with van der Waals surface area (Å²) in [7, 11) is 0. The van der Waals surface area contributed by atoms with Crippen molar-refractivity contribution in [2.45, 2.75) is 44.7 Å². The fourth-order valence-electron chi connectivity index (χ4n) is 3.41. The van der Waals surface area contributed by atoms with E-state index >= 15 is 0 Å². The van der Waals surface area contributed by atoms with Gasteiger partial charge in [-0.25, -0.2) is 0 Å². The van der Waals surface area contributed by atoms with Crippen LogP contribution in [0.3, 0.4) is 0 Å². The van der Waals surface area contributed by atoms with Crippen LogP contribution in [0.25, 0.3) is 0 Å². The lowest BCUT2D eigenvalue weighted by Crippen LogP contribution is -2.57. The van der Waals surface area contributed by atoms with Gasteiger partial charge in [0.05, 0.1) is 6.61 Å². The molecule has 2 rings (SSSR count). The van der Waals surface area contributed by atoms with Crippen LogP contribution in [0.15, 0.2) is 0 Å². The number of carbonyl (C=O) groups excluding carboxylic acids is 3. The van der Waals surface area contributed by atoms with Crippen LogP contribution >= 0.6 is 13.5 Å². The van der Waals surface area contributed by atoms with Crippen molar-refractivity contribution < 1.29 is 19.5 Å². The summed E-state index contributed by atoms with van der Waals surface area (Å²) >= 11 is 0. The van der Waals surface area contributed by atoms with E-state index in [0.29, 0.717) is 25.9 Å². The molecule has 126 valence electrons. The van der Waals surface area contributed by atoms with Gasteiger partial charge in [-0.2, -0.15) is 13.5 Å². The molecule has 22 heavy (non-hydrogen) atoms. The summed E-state index contributed by atoms with van der Waals surface area (Å²) in [6.07, 6.45) is 1.88. The molecule has 2 saturated heterocycles. The summed E-state index contributed by atoms with van der Waals surface area (Å²) in [5.74, 6) is -1.19. The van der Waals surface area contributed by atoms with Crippen LogP contribution < -0.4 is 5.73 Å². The van der Waals surface area contributed by atoms with Gasteiger partial charge in [0.2, 0.25) is 17.7 Å². The van der Waals surface area contributed by atoms with E-state index in [1.165, 1.54) is 4.90 Å². The predicted octanol–water partition coefficient (Wildman–Crippen LogP) is -0.805. The first-order chi connectivity index (χ1) is 9.85. The summed E-state index contributed by atoms with van der Waals surface area (Å²) in [5, 5.41) is 9.29. The van der Waals surface area contributed by atoms with E-state index in [9.17, 15) is 19.5 Å². The third-order valence-electron chi connectivity index (χ3n) is 4.55. The zero-order chi connectivity index (χ0) is 15.8. The number of aliphatic hydroxyl groups is 1. The lowest BCUT2D eigenvalue weighted by Gasteiger charge is -2.35. The standard InChI is InChI=1S/C14H23N3O4.H2S/c1-9(2)12(20)17-6-3-4-14(17)5-7-16(13(14)21)10(8-18)11(15)19;/h9-10,18H,3-8H2,1-2H3,(H2,15,19);1H2/t10-,14?;/m0./s1. The number of rotatable bonds is 4. The van der Waals surface area contributed by atoms with E-state index in [0.717, 1.165) is 6.42 Å². The Hall–Kier alpha value is -1.28. The van der Waals surface area contributed by atoms with Crippen LogP contribution in [-0.4, -0.2) is 63.9 Å². The molecule has 0 aromatic heterocycles. The van der Waals surface area contributed by atoms with Crippen molar-refractivity contribution in [2.24, 2.45) is 11.7 Å². The van der Waals surface area contributed by atoms with Gasteiger partial charge in [0.15, 0.2) is 0 Å². The molecule has 0 aromatic rings. The molecule has 0 aliphatic carbocycles. The van der Waals surface area contributed by atoms with Crippen molar-refractivity contribution in [2.75, 3.05) is 19.7 Å². The molecule has 0 saturated carbocycles. The number of aliphatic hydroxyl groups excluding tert-OH is 1. The van der Waals surface area contributed by atoms with E-state index in [-0.39, 0.29) is 31.2 Å². The van der Waals surface area contributed by atoms with Crippen molar-refractivity contribution in [3.8, 4) is 0 Å². The Bertz CT molecular complexity index is 471. The molecule has 2 heterocycles. The van der Waals surface area contributed by atoms with Crippen molar-refractivity contribution in [3.63, 3.8) is 0 Å². The van der Waals surface area contributed by atoms with Gasteiger partial charge in [0, 0.05) is 19.0 Å². The average Bonchev–Trinajstić information content (AvgIpc) is 2.98. The zero-order valence-electron chi connectivity index (χ0n) is 13.0. The Morgan fingerprint density at radius 1 is 1.32 bits per heavy atom. The fourth-order valence-corrected chi connectivity index (χ4v) is 3.41. The minimum Gasteiger partial charge on any atom is -0.394 e. The van der Waals surface area contributed by atoms with Gasteiger partial charge in [-0.3, -0.25) is 14.4 Å². The van der Waals surface area contributed by atoms with Gasteiger partial charge in [-0.15, -0.1) is 0 Å². The molecule has 0 bridgehead atoms. The number of primary amides is 1. The van der Waals surface area contributed by atoms with Crippen molar-refractivity contribution in [1.82, 2.24) is 9.80 Å². The molecule has 2 atom stereocenters. The maximum Gasteiger partial charge on any atom is 0.249 e. The maximum absolute atomic E-state index is 12.8. The molecule has 7 nitrogen and oxygen atoms in total. The summed E-state index contributed by atoms with van der Waals surface area (Å²) in [4.78, 5) is 39.5. The zero-order valence-corrected chi connectivity index (χ0v) is 14.0. The number of hydrogen-bond donors (Lipinski definition) is 2. The van der Waals surface area contributed by atoms with E-state index in [4.69, 9.17) is 5.73 Å². The number of likely N-dealkylation sites (tertiary alicyclic amines) is 2. The highest BCUT2D eigenvalue weighted by Gasteiger charge is 2.56. The third-order valence-corrected chi connectivity index (χ3v) is 4.55. The SMILES string of the molecule is CC(C)C(=O)N1CCCC12CCN([C@@H](CO)C(N)=O)C2=O.S. The van der Waals surface area contributed by atoms with Gasteiger partial charge in [0.1, 0.15) is 11.6 Å². The minimum atomic E-state index is -1.01. The second kappa shape index (κ2) is 6.87. The highest BCUT2D eigenvalue weighted by atomic mass is 32.1. The molecule has 2 fully saturated rings. The van der Waals surface area contributed by atoms with Crippen molar-refractivity contribution in [1.29, 1.82) is 0 Å².